The van der Waals surface area contributed by atoms with E-state index >= 15 is 9.59 Å². The van der Waals surface area contributed by atoms with Crippen LogP contribution in [-0.2, 0) is 135 Å². The molecule has 10 aromatic rings. The van der Waals surface area contributed by atoms with Crippen molar-refractivity contribution < 1.29 is 129 Å². The highest BCUT2D eigenvalue weighted by Crippen LogP contribution is 2.52. The molecule has 0 unspecified atom stereocenters. The molecule has 0 bridgehead atoms. The zero-order valence-electron chi connectivity index (χ0n) is 78.7. The van der Waals surface area contributed by atoms with Crippen molar-refractivity contribution in [1.82, 2.24) is 39.5 Å². The van der Waals surface area contributed by atoms with E-state index in [9.17, 15) is 50.5 Å². The van der Waals surface area contributed by atoms with Crippen molar-refractivity contribution in [3.63, 3.8) is 0 Å². The summed E-state index contributed by atoms with van der Waals surface area (Å²) in [5.41, 5.74) is 3.35. The molecule has 7 fully saturated rings. The fourth-order valence-electron chi connectivity index (χ4n) is 17.6. The number of aliphatic hydroxyl groups excluding tert-OH is 2. The van der Waals surface area contributed by atoms with Gasteiger partial charge < -0.3 is 109 Å². The number of benzene rings is 8. The first-order valence-electron chi connectivity index (χ1n) is 46.5. The molecule has 4 amide bonds. The fraction of sp³-hybridized carbons (Fsp3) is 0.435. The summed E-state index contributed by atoms with van der Waals surface area (Å²) >= 11 is 0. The highest BCUT2D eigenvalue weighted by atomic mass is 32.2. The molecule has 740 valence electrons. The first-order valence-corrected chi connectivity index (χ1v) is 53.1. The van der Waals surface area contributed by atoms with Gasteiger partial charge in [0, 0.05) is 37.0 Å². The van der Waals surface area contributed by atoms with Crippen LogP contribution < -0.4 is 18.9 Å². The first kappa shape index (κ1) is 104. The molecule has 8 aromatic carbocycles. The van der Waals surface area contributed by atoms with Crippen molar-refractivity contribution in [1.29, 1.82) is 0 Å². The van der Waals surface area contributed by atoms with Gasteiger partial charge in [0.1, 0.15) is 47.6 Å². The van der Waals surface area contributed by atoms with E-state index < -0.39 is 106 Å². The number of alkyl halides is 3. The van der Waals surface area contributed by atoms with E-state index in [1.54, 1.807) is 61.0 Å². The van der Waals surface area contributed by atoms with Crippen LogP contribution in [0.25, 0.3) is 21.8 Å². The van der Waals surface area contributed by atoms with E-state index in [4.69, 9.17) is 60.8 Å². The quantitative estimate of drug-likeness (QED) is 0.00906. The molecular formula is C92H115B5F3N10O25P3S. The van der Waals surface area contributed by atoms with Crippen molar-refractivity contribution in [3.8, 4) is 11.5 Å². The number of carbonyl (C=O) groups is 2. The lowest BCUT2D eigenvalue weighted by molar-refractivity contribution is -0.157. The monoisotopic (exact) mass is 2000 g/mol. The number of anilines is 2. The third-order valence-corrected chi connectivity index (χ3v) is 30.6. The number of nitrogens with one attached hydrogen (secondary N) is 1. The molecule has 0 radical (unpaired) electrons. The number of rotatable bonds is 44. The van der Waals surface area contributed by atoms with Crippen LogP contribution in [0.15, 0.2) is 206 Å². The van der Waals surface area contributed by atoms with E-state index in [2.05, 4.69) is 53.8 Å². The van der Waals surface area contributed by atoms with Crippen molar-refractivity contribution in [3.05, 3.63) is 251 Å². The number of amides is 4. The van der Waals surface area contributed by atoms with Crippen LogP contribution in [0.1, 0.15) is 99.9 Å². The Kier molecular flexibility index (Phi) is 34.3. The number of hydrogen-bond acceptors (Lipinski definition) is 29. The van der Waals surface area contributed by atoms with Crippen LogP contribution in [0.3, 0.4) is 0 Å². The van der Waals surface area contributed by atoms with Crippen molar-refractivity contribution in [2.24, 2.45) is 0 Å². The average Bonchev–Trinajstić information content (AvgIpc) is 1.57. The third kappa shape index (κ3) is 26.3. The van der Waals surface area contributed by atoms with Crippen molar-refractivity contribution in [2.75, 3.05) is 94.2 Å². The molecule has 0 spiro atoms. The third-order valence-electron chi connectivity index (χ3n) is 24.1. The SMILES string of the molecule is CCOP(=O)(COS(=O)(=O)C(F)(F)F)OCC.CCOP(=O)(COc1ccc(CN2C(=O)N(Cc3ccc4[nH]nc(N(B5CO5)B5CO5)c4c3)[C@H](Cc3ccccc3)[C@H](O)[C@@H](O)[C@H]2Cc2ccccc2)cc1)OCC.CCOP(=O)(COc1ccc(CN2C(=O)N(Cc3ccc4c(c3)c(N(B3CO3)B3CO3)nn4B(C)O)[C@H](Cc3ccccc3)[C@@H]3OC(C)(C)O[C@H]3[C@H]2Cc2ccccc2)cc1)OCC. The van der Waals surface area contributed by atoms with E-state index in [1.165, 1.54) is 13.8 Å². The smallest absolute Gasteiger partial charge is 0.481 e. The van der Waals surface area contributed by atoms with E-state index in [0.717, 1.165) is 72.1 Å². The lowest BCUT2D eigenvalue weighted by atomic mass is 9.76. The van der Waals surface area contributed by atoms with Gasteiger partial charge in [0.25, 0.3) is 0 Å². The van der Waals surface area contributed by atoms with Gasteiger partial charge in [-0.3, -0.25) is 27.6 Å². The largest absolute Gasteiger partial charge is 0.523 e. The number of hydrogen-bond donors (Lipinski definition) is 4. The molecule has 17 rings (SSSR count). The van der Waals surface area contributed by atoms with Crippen LogP contribution in [0.4, 0.5) is 34.4 Å². The molecule has 47 heteroatoms. The molecule has 139 heavy (non-hydrogen) atoms. The predicted octanol–water partition coefficient (Wildman–Crippen LogP) is 14.2. The van der Waals surface area contributed by atoms with E-state index in [1.807, 2.05) is 197 Å². The summed E-state index contributed by atoms with van der Waals surface area (Å²) in [6, 6.07) is 63.5. The lowest BCUT2D eigenvalue weighted by Gasteiger charge is -2.37. The Labute approximate surface area is 808 Å². The van der Waals surface area contributed by atoms with Gasteiger partial charge >= 0.3 is 85.7 Å². The lowest BCUT2D eigenvalue weighted by Crippen LogP contribution is -2.51. The predicted molar refractivity (Wildman–Crippen MR) is 519 cm³/mol. The molecule has 7 aliphatic heterocycles. The summed E-state index contributed by atoms with van der Waals surface area (Å²) in [6.07, 6.45) is -3.64. The molecular weight excluding hydrogens is 1880 g/mol. The Morgan fingerprint density at radius 1 is 0.468 bits per heavy atom. The van der Waals surface area contributed by atoms with Crippen LogP contribution in [0.2, 0.25) is 6.82 Å². The maximum absolute atomic E-state index is 15.8. The normalized spacial score (nSPS) is 20.3. The molecule has 9 heterocycles. The number of aromatic nitrogens is 4. The molecule has 4 N–H and O–H groups in total. The highest BCUT2D eigenvalue weighted by Gasteiger charge is 2.58. The van der Waals surface area contributed by atoms with Crippen LogP contribution >= 0.6 is 22.8 Å². The van der Waals surface area contributed by atoms with E-state index in [0.29, 0.717) is 69.0 Å². The Hall–Kier alpha value is -9.45. The Balaban J connectivity index is 0.000000181. The summed E-state index contributed by atoms with van der Waals surface area (Å²) < 4.78 is 183. The van der Waals surface area contributed by atoms with Gasteiger partial charge in [-0.2, -0.15) is 31.8 Å². The minimum absolute atomic E-state index is 0.107. The zero-order valence-corrected chi connectivity index (χ0v) is 82.2. The van der Waals surface area contributed by atoms with Gasteiger partial charge in [-0.15, -0.1) is 0 Å². The van der Waals surface area contributed by atoms with Crippen molar-refractivity contribution >= 4 is 114 Å². The number of carbonyl (C=O) groups excluding carboxylic acids is 2. The number of ether oxygens (including phenoxy) is 4. The second kappa shape index (κ2) is 45.9. The number of urea groups is 2. The fourth-order valence-corrected chi connectivity index (χ4v) is 22.4. The summed E-state index contributed by atoms with van der Waals surface area (Å²) in [5, 5.41) is 49.6. The maximum Gasteiger partial charge on any atom is 0.523 e. The van der Waals surface area contributed by atoms with Crippen LogP contribution in [0.5, 0.6) is 11.5 Å². The molecule has 0 saturated carbocycles. The summed E-state index contributed by atoms with van der Waals surface area (Å²) in [6.45, 7) is 19.2. The second-order valence-electron chi connectivity index (χ2n) is 34.6. The van der Waals surface area contributed by atoms with E-state index in [-0.39, 0.29) is 119 Å². The van der Waals surface area contributed by atoms with Gasteiger partial charge in [0.15, 0.2) is 24.8 Å². The van der Waals surface area contributed by atoms with Crippen molar-refractivity contribution in [2.45, 2.75) is 174 Å². The molecule has 8 atom stereocenters. The second-order valence-corrected chi connectivity index (χ2v) is 42.2. The standard InChI is InChI=1S/C45H55B3N5O10P.C41H48B2N5O9P.C6H12F3O6PS/c1-6-60-64(56,61-7-2)31-57-36-21-18-34(19-22-36)27-50-39(25-32-14-10-8-11-15-32)41-42(63-45(3,4)62-41)40(26-33-16-12-9-13-17-33)51(44(50)54)28-35-20-23-38-37(24-35)43(49-53(38)46(5)55)52(47-29-58-47)48-30-59-48;1-3-56-58(52,57-4-2)28-53-33-18-15-31(16-19-33)24-46-36(22-29-11-7-5-8-12-29)38(49)39(50)37(23-30-13-9-6-10-14-30)47(41(46)51)25-32-17-20-35-34(21-32)40(45-44-35)48(42-26-54-42)43-27-55-43;1-3-13-16(10,14-4-2)5-15-17(11,12)6(7,8)9/h8-24,39-42,55H,6-7,25-31H2,1-5H3;5-21,36-39,49-50H,3-4,22-28H2,1-2H3,(H,44,45);3-5H2,1-2H3/t39-,40-,41+,42+;36-,37-,38+,39+;/m11./s1. The van der Waals surface area contributed by atoms with Crippen LogP contribution in [0, 0.1) is 0 Å². The van der Waals surface area contributed by atoms with Gasteiger partial charge in [-0.25, -0.2) is 9.59 Å². The Bertz CT molecular complexity index is 5980. The van der Waals surface area contributed by atoms with Crippen LogP contribution in [-0.4, -0.2) is 255 Å². The summed E-state index contributed by atoms with van der Waals surface area (Å²) in [5.74, 6) is 1.41. The van der Waals surface area contributed by atoms with Gasteiger partial charge in [-0.1, -0.05) is 158 Å². The average molecular weight is 2000 g/mol. The minimum Gasteiger partial charge on any atom is -0.481 e. The number of aromatic amines is 1. The number of aliphatic hydroxyl groups is 2. The minimum atomic E-state index is -5.80. The first-order chi connectivity index (χ1) is 66.7. The summed E-state index contributed by atoms with van der Waals surface area (Å²) in [7, 11) is -18.1. The van der Waals surface area contributed by atoms with Gasteiger partial charge in [-0.05, 0) is 181 Å². The molecule has 35 nitrogen and oxygen atoms in total. The van der Waals surface area contributed by atoms with Gasteiger partial charge in [0.05, 0.1) is 101 Å². The molecule has 2 aromatic heterocycles. The molecule has 7 saturated heterocycles. The summed E-state index contributed by atoms with van der Waals surface area (Å²) in [4.78, 5) is 38.5. The number of nitrogens with zero attached hydrogens (tertiary/aromatic N) is 9. The zero-order chi connectivity index (χ0) is 98.6. The molecule has 7 aliphatic rings. The number of fused-ring (bicyclic) bond motifs is 3. The Morgan fingerprint density at radius 3 is 1.14 bits per heavy atom. The molecule has 0 aliphatic carbocycles. The topological polar surface area (TPSA) is 398 Å². The maximum atomic E-state index is 15.8. The Morgan fingerprint density at radius 2 is 0.791 bits per heavy atom. The van der Waals surface area contributed by atoms with Gasteiger partial charge in [0.2, 0.25) is 0 Å². The number of H-pyrrole nitrogens is 1. The highest BCUT2D eigenvalue weighted by molar-refractivity contribution is 7.87. The number of halogens is 3.